The van der Waals surface area contributed by atoms with E-state index in [0.29, 0.717) is 0 Å². The first-order chi connectivity index (χ1) is 15.7. The molecule has 6 heteroatoms. The van der Waals surface area contributed by atoms with Crippen molar-refractivity contribution in [3.8, 4) is 5.75 Å². The molecule has 0 spiro atoms. The van der Waals surface area contributed by atoms with Gasteiger partial charge in [0, 0.05) is 0 Å². The summed E-state index contributed by atoms with van der Waals surface area (Å²) in [6.45, 7) is 7.83. The average molecular weight is 557 g/mol. The quantitative estimate of drug-likeness (QED) is 0.316. The van der Waals surface area contributed by atoms with Gasteiger partial charge in [-0.2, -0.15) is 4.67 Å². The summed E-state index contributed by atoms with van der Waals surface area (Å²) in [5.41, 5.74) is 1.10. The number of ether oxygens (including phenoxy) is 2. The fourth-order valence-corrected chi connectivity index (χ4v) is 7.30. The molecule has 0 radical (unpaired) electrons. The predicted molar refractivity (Wildman–Crippen MR) is 136 cm³/mol. The van der Waals surface area contributed by atoms with Gasteiger partial charge >= 0.3 is 90.3 Å². The van der Waals surface area contributed by atoms with E-state index < -0.39 is 8.07 Å². The number of para-hydroxylation sites is 1. The molecule has 0 aromatic heterocycles. The summed E-state index contributed by atoms with van der Waals surface area (Å²) in [5.74, 6) is 0.924. The van der Waals surface area contributed by atoms with E-state index in [4.69, 9.17) is 19.2 Å². The molecule has 3 aromatic carbocycles. The summed E-state index contributed by atoms with van der Waals surface area (Å²) in [6.07, 6.45) is 0.209. The van der Waals surface area contributed by atoms with Gasteiger partial charge in [-0.3, -0.25) is 0 Å². The van der Waals surface area contributed by atoms with E-state index >= 15 is 0 Å². The minimum Gasteiger partial charge on any atom is -0.379 e. The van der Waals surface area contributed by atoms with Crippen molar-refractivity contribution >= 4 is 33.0 Å². The third kappa shape index (κ3) is 7.87. The first kappa shape index (κ1) is 25.2. The Kier molecular flexibility index (Phi) is 11.0. The second-order valence-electron chi connectivity index (χ2n) is 7.56. The Morgan fingerprint density at radius 1 is 0.875 bits per heavy atom. The topological polar surface area (TPSA) is 21.7 Å². The van der Waals surface area contributed by atoms with Crippen molar-refractivity contribution in [2.45, 2.75) is 20.0 Å². The number of rotatable bonds is 6. The zero-order valence-electron chi connectivity index (χ0n) is 18.6. The average Bonchev–Trinajstić information content (AvgIpc) is 2.83. The van der Waals surface area contributed by atoms with Crippen LogP contribution in [0.15, 0.2) is 84.9 Å². The maximum absolute atomic E-state index is 5.72. The minimum absolute atomic E-state index is 0.191. The molecule has 1 aliphatic heterocycles. The minimum atomic E-state index is -0.847. The summed E-state index contributed by atoms with van der Waals surface area (Å²) in [5, 5.41) is 2.92. The third-order valence-electron chi connectivity index (χ3n) is 4.85. The fraction of sp³-hybridized carbons (Fsp3) is 0.269. The van der Waals surface area contributed by atoms with Gasteiger partial charge in [-0.1, -0.05) is 36.4 Å². The summed E-state index contributed by atoms with van der Waals surface area (Å²) in [4.78, 5) is 0. The van der Waals surface area contributed by atoms with Crippen LogP contribution in [0.25, 0.3) is 0 Å². The van der Waals surface area contributed by atoms with E-state index in [1.54, 1.807) is 0 Å². The van der Waals surface area contributed by atoms with E-state index in [1.807, 2.05) is 42.7 Å². The van der Waals surface area contributed by atoms with Gasteiger partial charge in [0.15, 0.2) is 0 Å². The molecule has 0 N–H and O–H groups in total. The maximum Gasteiger partial charge on any atom is 0.135 e. The first-order valence-corrected chi connectivity index (χ1v) is 15.5. The standard InChI is InChI=1S/C16H18NOP.C10H12O.ClH.Ru/c1-3-7-15(8-4-1)19(16-9-5-2-6-10-16)17-11-13-18-14-12-17;1-8(2)11-10-7-5-4-6-9(10)3;;/h1-10H,11-14H2;3-8H,1-2H3;1H;/q;;;+1. The molecule has 0 amide bonds. The Hall–Kier alpha value is -1.41. The molecule has 0 bridgehead atoms. The smallest absolute Gasteiger partial charge is 0.135 e. The molecule has 3 aromatic rings. The molecule has 32 heavy (non-hydrogen) atoms. The van der Waals surface area contributed by atoms with Crippen molar-refractivity contribution in [3.63, 3.8) is 0 Å². The van der Waals surface area contributed by atoms with Gasteiger partial charge in [0.05, 0.1) is 26.3 Å². The second-order valence-corrected chi connectivity index (χ2v) is 11.8. The van der Waals surface area contributed by atoms with Gasteiger partial charge in [-0.25, -0.2) is 0 Å². The van der Waals surface area contributed by atoms with E-state index in [-0.39, 0.29) is 21.8 Å². The van der Waals surface area contributed by atoms with Crippen molar-refractivity contribution in [2.24, 2.45) is 0 Å². The van der Waals surface area contributed by atoms with Crippen LogP contribution in [0.5, 0.6) is 5.75 Å². The van der Waals surface area contributed by atoms with Crippen molar-refractivity contribution < 1.29 is 25.2 Å². The number of hydrogen-bond donors (Lipinski definition) is 0. The first-order valence-electron chi connectivity index (χ1n) is 10.8. The van der Waals surface area contributed by atoms with Gasteiger partial charge in [0.1, 0.15) is 18.7 Å². The Bertz CT molecular complexity index is 911. The van der Waals surface area contributed by atoms with Gasteiger partial charge < -0.3 is 4.74 Å². The van der Waals surface area contributed by atoms with Gasteiger partial charge in [0.25, 0.3) is 0 Å². The van der Waals surface area contributed by atoms with Crippen molar-refractivity contribution in [1.29, 1.82) is 0 Å². The molecule has 1 saturated heterocycles. The van der Waals surface area contributed by atoms with E-state index in [1.165, 1.54) is 10.6 Å². The monoisotopic (exact) mass is 557 g/mol. The molecular formula is C26H31ClNO2PRu+. The molecule has 171 valence electrons. The summed E-state index contributed by atoms with van der Waals surface area (Å²) in [7, 11) is 4.88. The zero-order chi connectivity index (χ0) is 22.6. The Morgan fingerprint density at radius 2 is 1.41 bits per heavy atom. The Morgan fingerprint density at radius 3 is 1.94 bits per heavy atom. The Balaban J connectivity index is 0.000000195. The van der Waals surface area contributed by atoms with Crippen LogP contribution in [0.1, 0.15) is 19.4 Å². The third-order valence-corrected chi connectivity index (χ3v) is 8.88. The van der Waals surface area contributed by atoms with Crippen molar-refractivity contribution in [2.75, 3.05) is 26.3 Å². The number of hydrogen-bond acceptors (Lipinski definition) is 3. The maximum atomic E-state index is 5.72. The molecule has 4 rings (SSSR count). The van der Waals surface area contributed by atoms with E-state index in [2.05, 4.69) is 65.3 Å². The molecule has 1 fully saturated rings. The molecule has 3 nitrogen and oxygen atoms in total. The summed E-state index contributed by atoms with van der Waals surface area (Å²) < 4.78 is 15.8. The van der Waals surface area contributed by atoms with Gasteiger partial charge in [-0.05, 0) is 24.3 Å². The molecule has 0 atom stereocenters. The van der Waals surface area contributed by atoms with E-state index in [9.17, 15) is 0 Å². The van der Waals surface area contributed by atoms with Crippen LogP contribution in [-0.4, -0.2) is 41.7 Å². The van der Waals surface area contributed by atoms with Crippen LogP contribution < -0.4 is 15.3 Å². The molecule has 1 heterocycles. The van der Waals surface area contributed by atoms with Crippen LogP contribution in [0.2, 0.25) is 0 Å². The molecule has 0 unspecified atom stereocenters. The van der Waals surface area contributed by atoms with Crippen LogP contribution in [-0.2, 0) is 20.4 Å². The molecule has 1 aliphatic rings. The molecule has 0 aliphatic carbocycles. The zero-order valence-corrected chi connectivity index (χ0v) is 22.1. The number of halogens is 1. The fourth-order valence-electron chi connectivity index (χ4n) is 3.48. The van der Waals surface area contributed by atoms with Crippen LogP contribution in [0.4, 0.5) is 0 Å². The predicted octanol–water partition coefficient (Wildman–Crippen LogP) is 4.96. The van der Waals surface area contributed by atoms with Gasteiger partial charge in [-0.15, -0.1) is 0 Å². The molecular weight excluding hydrogens is 526 g/mol. The summed E-state index contributed by atoms with van der Waals surface area (Å²) >= 11 is -0.191. The normalized spacial score (nSPS) is 14.7. The van der Waals surface area contributed by atoms with Gasteiger partial charge in [0.2, 0.25) is 0 Å². The number of morpholine rings is 1. The number of benzene rings is 3. The van der Waals surface area contributed by atoms with Crippen LogP contribution in [0.3, 0.4) is 0 Å². The SMILES string of the molecule is CC(C)Oc1ccccc1[CH]=[Ru][Cl].c1ccc([PH+](c2ccccc2)N2CCOCC2)cc1. The number of nitrogens with zero attached hydrogens (tertiary/aromatic N) is 1. The molecule has 0 saturated carbocycles. The summed E-state index contributed by atoms with van der Waals surface area (Å²) in [6, 6.07) is 29.8. The largest absolute Gasteiger partial charge is 0.379 e. The Labute approximate surface area is 204 Å². The van der Waals surface area contributed by atoms with Crippen molar-refractivity contribution in [1.82, 2.24) is 4.67 Å². The second kappa shape index (κ2) is 14.0. The van der Waals surface area contributed by atoms with Crippen LogP contribution >= 0.6 is 17.8 Å². The van der Waals surface area contributed by atoms with Crippen LogP contribution in [0, 0.1) is 0 Å². The van der Waals surface area contributed by atoms with E-state index in [0.717, 1.165) is 37.6 Å². The van der Waals surface area contributed by atoms with Crippen molar-refractivity contribution in [3.05, 3.63) is 90.5 Å².